The van der Waals surface area contributed by atoms with Crippen molar-refractivity contribution < 1.29 is 4.52 Å². The summed E-state index contributed by atoms with van der Waals surface area (Å²) in [6, 6.07) is 5.29. The largest absolute Gasteiger partial charge is 0.339 e. The van der Waals surface area contributed by atoms with Gasteiger partial charge in [-0.3, -0.25) is 9.78 Å². The van der Waals surface area contributed by atoms with E-state index >= 15 is 0 Å². The molecule has 1 N–H and O–H groups in total. The molecule has 3 heterocycles. The van der Waals surface area contributed by atoms with Gasteiger partial charge in [0.1, 0.15) is 0 Å². The van der Waals surface area contributed by atoms with Gasteiger partial charge in [-0.1, -0.05) is 30.3 Å². The predicted octanol–water partition coefficient (Wildman–Crippen LogP) is 2.89. The highest BCUT2D eigenvalue weighted by Crippen LogP contribution is 2.17. The van der Waals surface area contributed by atoms with Crippen LogP contribution in [0.1, 0.15) is 31.4 Å². The van der Waals surface area contributed by atoms with Crippen molar-refractivity contribution in [2.75, 3.05) is 5.75 Å². The molecule has 0 spiro atoms. The van der Waals surface area contributed by atoms with Crippen LogP contribution in [0.4, 0.5) is 0 Å². The smallest absolute Gasteiger partial charge is 0.251 e. The Morgan fingerprint density at radius 1 is 1.28 bits per heavy atom. The first-order valence-electron chi connectivity index (χ1n) is 8.20. The third kappa shape index (κ3) is 4.99. The molecule has 3 aromatic heterocycles. The normalized spacial score (nSPS) is 10.9. The topological polar surface area (TPSA) is 97.6 Å². The molecule has 0 aliphatic rings. The molecule has 3 aromatic rings. The second kappa shape index (κ2) is 8.57. The van der Waals surface area contributed by atoms with Crippen molar-refractivity contribution in [3.63, 3.8) is 0 Å². The number of aryl methyl sites for hydroxylation is 2. The average Bonchev–Trinajstić information content (AvgIpc) is 3.08. The Kier molecular flexibility index (Phi) is 5.95. The first kappa shape index (κ1) is 17.3. The van der Waals surface area contributed by atoms with Gasteiger partial charge in [0.25, 0.3) is 5.56 Å². The van der Waals surface area contributed by atoms with Gasteiger partial charge in [0.2, 0.25) is 11.7 Å². The number of nitrogens with zero attached hydrogens (tertiary/aromatic N) is 4. The Balaban J connectivity index is 1.51. The monoisotopic (exact) mass is 357 g/mol. The molecule has 0 saturated carbocycles. The summed E-state index contributed by atoms with van der Waals surface area (Å²) in [4.78, 5) is 27.3. The van der Waals surface area contributed by atoms with Crippen LogP contribution in [0.2, 0.25) is 0 Å². The van der Waals surface area contributed by atoms with Crippen LogP contribution in [0.5, 0.6) is 0 Å². The second-order valence-corrected chi connectivity index (χ2v) is 6.58. The summed E-state index contributed by atoms with van der Waals surface area (Å²) in [6.45, 7) is 2.07. The van der Waals surface area contributed by atoms with Crippen LogP contribution in [-0.2, 0) is 12.8 Å². The van der Waals surface area contributed by atoms with E-state index < -0.39 is 0 Å². The fraction of sp³-hybridized carbons (Fsp3) is 0.353. The van der Waals surface area contributed by atoms with E-state index in [1.807, 2.05) is 12.1 Å². The van der Waals surface area contributed by atoms with Crippen molar-refractivity contribution in [1.29, 1.82) is 0 Å². The molecule has 0 bridgehead atoms. The maximum Gasteiger partial charge on any atom is 0.251 e. The Bertz CT molecular complexity index is 863. The summed E-state index contributed by atoms with van der Waals surface area (Å²) in [5.41, 5.74) is 1.58. The van der Waals surface area contributed by atoms with E-state index in [0.717, 1.165) is 36.3 Å². The number of rotatable bonds is 8. The standard InChI is InChI=1S/C17H19N5O2S/c1-2-5-13-10-14(23)20-17(19-13)25-9-4-7-15-21-16(22-24-15)12-6-3-8-18-11-12/h3,6,8,10-11H,2,4-5,7,9H2,1H3,(H,19,20,23). The molecule has 0 saturated heterocycles. The molecule has 3 rings (SSSR count). The summed E-state index contributed by atoms with van der Waals surface area (Å²) in [5, 5.41) is 4.64. The Morgan fingerprint density at radius 3 is 3.00 bits per heavy atom. The summed E-state index contributed by atoms with van der Waals surface area (Å²) >= 11 is 1.53. The van der Waals surface area contributed by atoms with Crippen LogP contribution in [0, 0.1) is 0 Å². The van der Waals surface area contributed by atoms with Crippen LogP contribution in [-0.4, -0.2) is 30.8 Å². The van der Waals surface area contributed by atoms with Crippen LogP contribution >= 0.6 is 11.8 Å². The van der Waals surface area contributed by atoms with Crippen molar-refractivity contribution in [3.05, 3.63) is 52.5 Å². The average molecular weight is 357 g/mol. The van der Waals surface area contributed by atoms with Gasteiger partial charge in [0.15, 0.2) is 5.16 Å². The van der Waals surface area contributed by atoms with Crippen molar-refractivity contribution in [3.8, 4) is 11.4 Å². The molecule has 7 nitrogen and oxygen atoms in total. The number of hydrogen-bond donors (Lipinski definition) is 1. The zero-order valence-electron chi connectivity index (χ0n) is 13.9. The molecule has 130 valence electrons. The summed E-state index contributed by atoms with van der Waals surface area (Å²) in [6.07, 6.45) is 6.72. The molecule has 0 radical (unpaired) electrons. The Morgan fingerprint density at radius 2 is 2.20 bits per heavy atom. The highest BCUT2D eigenvalue weighted by atomic mass is 32.2. The highest BCUT2D eigenvalue weighted by Gasteiger charge is 2.09. The molecule has 0 amide bonds. The molecule has 0 aliphatic heterocycles. The summed E-state index contributed by atoms with van der Waals surface area (Å²) in [5.74, 6) is 1.96. The number of aromatic amines is 1. The number of H-pyrrole nitrogens is 1. The minimum atomic E-state index is -0.0982. The fourth-order valence-electron chi connectivity index (χ4n) is 2.30. The van der Waals surface area contributed by atoms with Crippen LogP contribution in [0.3, 0.4) is 0 Å². The lowest BCUT2D eigenvalue weighted by Gasteiger charge is -2.02. The first-order valence-corrected chi connectivity index (χ1v) is 9.19. The van der Waals surface area contributed by atoms with Gasteiger partial charge in [0, 0.05) is 41.9 Å². The third-order valence-corrected chi connectivity index (χ3v) is 4.40. The van der Waals surface area contributed by atoms with Crippen molar-refractivity contribution in [1.82, 2.24) is 25.1 Å². The number of hydrogen-bond acceptors (Lipinski definition) is 7. The maximum atomic E-state index is 11.6. The molecule has 0 unspecified atom stereocenters. The van der Waals surface area contributed by atoms with Crippen LogP contribution in [0.15, 0.2) is 45.1 Å². The predicted molar refractivity (Wildman–Crippen MR) is 95.4 cm³/mol. The van der Waals surface area contributed by atoms with Gasteiger partial charge >= 0.3 is 0 Å². The van der Waals surface area contributed by atoms with Gasteiger partial charge in [0.05, 0.1) is 0 Å². The quantitative estimate of drug-likeness (QED) is 0.376. The van der Waals surface area contributed by atoms with Gasteiger partial charge in [-0.25, -0.2) is 4.98 Å². The van der Waals surface area contributed by atoms with Crippen molar-refractivity contribution in [2.24, 2.45) is 0 Å². The molecule has 0 fully saturated rings. The molecule has 0 aliphatic carbocycles. The van der Waals surface area contributed by atoms with E-state index in [2.05, 4.69) is 32.0 Å². The summed E-state index contributed by atoms with van der Waals surface area (Å²) < 4.78 is 5.27. The van der Waals surface area contributed by atoms with E-state index in [9.17, 15) is 4.79 Å². The van der Waals surface area contributed by atoms with Gasteiger partial charge < -0.3 is 9.51 Å². The SMILES string of the molecule is CCCc1cc(=O)[nH]c(SCCCc2nc(-c3cccnc3)no2)n1. The molecule has 0 aromatic carbocycles. The van der Waals surface area contributed by atoms with Crippen molar-refractivity contribution >= 4 is 11.8 Å². The lowest BCUT2D eigenvalue weighted by atomic mass is 10.2. The molecular weight excluding hydrogens is 338 g/mol. The number of thioether (sulfide) groups is 1. The molecule has 0 atom stereocenters. The zero-order valence-corrected chi connectivity index (χ0v) is 14.8. The lowest BCUT2D eigenvalue weighted by Crippen LogP contribution is -2.10. The highest BCUT2D eigenvalue weighted by molar-refractivity contribution is 7.99. The van der Waals surface area contributed by atoms with Gasteiger partial charge in [-0.15, -0.1) is 0 Å². The maximum absolute atomic E-state index is 11.6. The Labute approximate surface area is 149 Å². The van der Waals surface area contributed by atoms with Crippen LogP contribution < -0.4 is 5.56 Å². The van der Waals surface area contributed by atoms with E-state index in [4.69, 9.17) is 4.52 Å². The minimum absolute atomic E-state index is 0.0982. The fourth-order valence-corrected chi connectivity index (χ4v) is 3.13. The second-order valence-electron chi connectivity index (χ2n) is 5.50. The molecular formula is C17H19N5O2S. The first-order chi connectivity index (χ1) is 12.2. The lowest BCUT2D eigenvalue weighted by molar-refractivity contribution is 0.378. The van der Waals surface area contributed by atoms with Crippen LogP contribution in [0.25, 0.3) is 11.4 Å². The molecule has 25 heavy (non-hydrogen) atoms. The van der Waals surface area contributed by atoms with E-state index in [0.29, 0.717) is 23.3 Å². The van der Waals surface area contributed by atoms with Crippen molar-refractivity contribution in [2.45, 2.75) is 37.8 Å². The van der Waals surface area contributed by atoms with E-state index in [-0.39, 0.29) is 5.56 Å². The minimum Gasteiger partial charge on any atom is -0.339 e. The van der Waals surface area contributed by atoms with E-state index in [1.54, 1.807) is 18.5 Å². The van der Waals surface area contributed by atoms with E-state index in [1.165, 1.54) is 11.8 Å². The zero-order chi connectivity index (χ0) is 17.5. The number of pyridine rings is 1. The third-order valence-electron chi connectivity index (χ3n) is 3.44. The summed E-state index contributed by atoms with van der Waals surface area (Å²) in [7, 11) is 0. The molecule has 8 heteroatoms. The van der Waals surface area contributed by atoms with Gasteiger partial charge in [-0.05, 0) is 25.0 Å². The Hall–Kier alpha value is -2.48. The van der Waals surface area contributed by atoms with Gasteiger partial charge in [-0.2, -0.15) is 4.98 Å². The number of aromatic nitrogens is 5. The number of nitrogens with one attached hydrogen (secondary N) is 1.